The van der Waals surface area contributed by atoms with Crippen LogP contribution in [-0.4, -0.2) is 11.6 Å². The molecule has 0 atom stereocenters. The van der Waals surface area contributed by atoms with E-state index in [2.05, 4.69) is 5.32 Å². The summed E-state index contributed by atoms with van der Waals surface area (Å²) in [7, 11) is 0. The summed E-state index contributed by atoms with van der Waals surface area (Å²) >= 11 is 0. The van der Waals surface area contributed by atoms with Gasteiger partial charge >= 0.3 is 0 Å². The maximum atomic E-state index is 13.2. The summed E-state index contributed by atoms with van der Waals surface area (Å²) in [6.07, 6.45) is 1.25. The first-order chi connectivity index (χ1) is 9.65. The third kappa shape index (κ3) is 2.12. The molecule has 4 heteroatoms. The maximum Gasteiger partial charge on any atom is 0.233 e. The highest BCUT2D eigenvalue weighted by Crippen LogP contribution is 2.26. The molecule has 2 aromatic carbocycles. The van der Waals surface area contributed by atoms with Crippen molar-refractivity contribution in [1.29, 1.82) is 0 Å². The highest BCUT2D eigenvalue weighted by Gasteiger charge is 2.25. The van der Waals surface area contributed by atoms with Crippen LogP contribution in [0, 0.1) is 5.82 Å². The van der Waals surface area contributed by atoms with Crippen molar-refractivity contribution in [2.75, 3.05) is 5.32 Å². The van der Waals surface area contributed by atoms with Crippen LogP contribution in [0.4, 0.5) is 10.1 Å². The molecule has 0 bridgehead atoms. The number of ketones is 2. The molecule has 98 valence electrons. The van der Waals surface area contributed by atoms with E-state index in [1.54, 1.807) is 36.4 Å². The molecule has 1 N–H and O–H groups in total. The smallest absolute Gasteiger partial charge is 0.233 e. The van der Waals surface area contributed by atoms with Crippen LogP contribution in [0.1, 0.15) is 15.9 Å². The Labute approximate surface area is 114 Å². The number of anilines is 1. The number of rotatable bonds is 2. The molecule has 3 rings (SSSR count). The summed E-state index contributed by atoms with van der Waals surface area (Å²) in [4.78, 5) is 23.5. The van der Waals surface area contributed by atoms with Crippen LogP contribution in [-0.2, 0) is 4.79 Å². The van der Waals surface area contributed by atoms with E-state index in [1.807, 2.05) is 0 Å². The third-order valence-corrected chi connectivity index (χ3v) is 3.06. The zero-order chi connectivity index (χ0) is 14.1. The Balaban J connectivity index is 2.03. The van der Waals surface area contributed by atoms with E-state index in [-0.39, 0.29) is 5.82 Å². The topological polar surface area (TPSA) is 46.2 Å². The molecule has 2 aromatic rings. The van der Waals surface area contributed by atoms with Gasteiger partial charge in [0.05, 0.1) is 5.70 Å². The molecule has 0 radical (unpaired) electrons. The molecule has 0 unspecified atom stereocenters. The Morgan fingerprint density at radius 1 is 0.900 bits per heavy atom. The van der Waals surface area contributed by atoms with E-state index in [1.165, 1.54) is 18.2 Å². The number of hydrogen-bond donors (Lipinski definition) is 1. The molecule has 0 saturated carbocycles. The van der Waals surface area contributed by atoms with E-state index in [9.17, 15) is 14.0 Å². The lowest BCUT2D eigenvalue weighted by Crippen LogP contribution is -2.20. The van der Waals surface area contributed by atoms with E-state index in [0.29, 0.717) is 22.5 Å². The zero-order valence-electron chi connectivity index (χ0n) is 10.4. The van der Waals surface area contributed by atoms with Crippen molar-refractivity contribution in [3.63, 3.8) is 0 Å². The van der Waals surface area contributed by atoms with Crippen molar-refractivity contribution in [2.45, 2.75) is 0 Å². The molecule has 0 amide bonds. The van der Waals surface area contributed by atoms with Crippen LogP contribution in [0.25, 0.3) is 5.70 Å². The second-order valence-corrected chi connectivity index (χ2v) is 4.43. The van der Waals surface area contributed by atoms with Crippen LogP contribution in [0.15, 0.2) is 54.6 Å². The van der Waals surface area contributed by atoms with E-state index < -0.39 is 11.6 Å². The van der Waals surface area contributed by atoms with Gasteiger partial charge in [0, 0.05) is 22.9 Å². The second kappa shape index (κ2) is 4.74. The third-order valence-electron chi connectivity index (χ3n) is 3.06. The van der Waals surface area contributed by atoms with Crippen molar-refractivity contribution in [1.82, 2.24) is 0 Å². The van der Waals surface area contributed by atoms with Gasteiger partial charge in [0.25, 0.3) is 0 Å². The van der Waals surface area contributed by atoms with E-state index >= 15 is 0 Å². The normalized spacial score (nSPS) is 13.8. The van der Waals surface area contributed by atoms with Gasteiger partial charge in [-0.3, -0.25) is 9.59 Å². The van der Waals surface area contributed by atoms with Gasteiger partial charge in [-0.15, -0.1) is 0 Å². The van der Waals surface area contributed by atoms with Crippen molar-refractivity contribution in [3.8, 4) is 0 Å². The molecular weight excluding hydrogens is 257 g/mol. The SMILES string of the molecule is O=C1C=C(Nc2cccc(F)c2)c2ccccc2C1=O. The number of carbonyl (C=O) groups is 2. The summed E-state index contributed by atoms with van der Waals surface area (Å²) in [6.45, 7) is 0. The maximum absolute atomic E-state index is 13.2. The number of fused-ring (bicyclic) bond motifs is 1. The quantitative estimate of drug-likeness (QED) is 0.851. The highest BCUT2D eigenvalue weighted by molar-refractivity contribution is 6.50. The lowest BCUT2D eigenvalue weighted by atomic mass is 9.92. The fourth-order valence-electron chi connectivity index (χ4n) is 2.15. The van der Waals surface area contributed by atoms with Gasteiger partial charge in [-0.2, -0.15) is 0 Å². The number of carbonyl (C=O) groups excluding carboxylic acids is 2. The lowest BCUT2D eigenvalue weighted by Gasteiger charge is -2.17. The Kier molecular flexibility index (Phi) is 2.91. The van der Waals surface area contributed by atoms with Gasteiger partial charge in [0.1, 0.15) is 5.82 Å². The molecule has 1 aliphatic rings. The number of benzene rings is 2. The highest BCUT2D eigenvalue weighted by atomic mass is 19.1. The number of halogens is 1. The first-order valence-electron chi connectivity index (χ1n) is 6.07. The Morgan fingerprint density at radius 2 is 1.65 bits per heavy atom. The Hall–Kier alpha value is -2.75. The zero-order valence-corrected chi connectivity index (χ0v) is 10.4. The van der Waals surface area contributed by atoms with Crippen LogP contribution in [0.3, 0.4) is 0 Å². The summed E-state index contributed by atoms with van der Waals surface area (Å²) in [5.74, 6) is -1.48. The number of Topliss-reactive ketones (excluding diaryl/α,β-unsaturated/α-hetero) is 1. The molecular formula is C16H10FNO2. The average molecular weight is 267 g/mol. The van der Waals surface area contributed by atoms with Gasteiger partial charge in [-0.25, -0.2) is 4.39 Å². The molecule has 0 heterocycles. The number of hydrogen-bond acceptors (Lipinski definition) is 3. The predicted octanol–water partition coefficient (Wildman–Crippen LogP) is 3.04. The van der Waals surface area contributed by atoms with Gasteiger partial charge in [-0.05, 0) is 18.2 Å². The van der Waals surface area contributed by atoms with Gasteiger partial charge in [-0.1, -0.05) is 30.3 Å². The molecule has 0 aromatic heterocycles. The summed E-state index contributed by atoms with van der Waals surface area (Å²) in [6, 6.07) is 12.8. The van der Waals surface area contributed by atoms with E-state index in [4.69, 9.17) is 0 Å². The van der Waals surface area contributed by atoms with Crippen molar-refractivity contribution in [3.05, 3.63) is 71.6 Å². The van der Waals surface area contributed by atoms with E-state index in [0.717, 1.165) is 0 Å². The molecule has 20 heavy (non-hydrogen) atoms. The minimum absolute atomic E-state index is 0.360. The summed E-state index contributed by atoms with van der Waals surface area (Å²) in [5.41, 5.74) is 2.02. The average Bonchev–Trinajstić information content (AvgIpc) is 2.45. The minimum Gasteiger partial charge on any atom is -0.355 e. The monoisotopic (exact) mass is 267 g/mol. The molecule has 0 aliphatic heterocycles. The fraction of sp³-hybridized carbons (Fsp3) is 0. The molecule has 0 spiro atoms. The minimum atomic E-state index is -0.581. The van der Waals surface area contributed by atoms with Crippen molar-refractivity contribution >= 4 is 23.0 Å². The van der Waals surface area contributed by atoms with Crippen LogP contribution < -0.4 is 5.32 Å². The molecule has 0 saturated heterocycles. The van der Waals surface area contributed by atoms with Gasteiger partial charge < -0.3 is 5.32 Å². The fourth-order valence-corrected chi connectivity index (χ4v) is 2.15. The van der Waals surface area contributed by atoms with Crippen LogP contribution in [0.2, 0.25) is 0 Å². The van der Waals surface area contributed by atoms with Crippen molar-refractivity contribution < 1.29 is 14.0 Å². The summed E-state index contributed by atoms with van der Waals surface area (Å²) < 4.78 is 13.2. The van der Waals surface area contributed by atoms with Crippen molar-refractivity contribution in [2.24, 2.45) is 0 Å². The molecule has 1 aliphatic carbocycles. The lowest BCUT2D eigenvalue weighted by molar-refractivity contribution is -0.111. The second-order valence-electron chi connectivity index (χ2n) is 4.43. The number of nitrogens with one attached hydrogen (secondary N) is 1. The van der Waals surface area contributed by atoms with Crippen LogP contribution >= 0.6 is 0 Å². The first kappa shape index (κ1) is 12.3. The molecule has 3 nitrogen and oxygen atoms in total. The summed E-state index contributed by atoms with van der Waals surface area (Å²) in [5, 5.41) is 2.98. The predicted molar refractivity (Wildman–Crippen MR) is 73.8 cm³/mol. The van der Waals surface area contributed by atoms with Gasteiger partial charge in [0.15, 0.2) is 0 Å². The standard InChI is InChI=1S/C16H10FNO2/c17-10-4-3-5-11(8-10)18-14-9-15(19)16(20)13-7-2-1-6-12(13)14/h1-9,18H. The first-order valence-corrected chi connectivity index (χ1v) is 6.07. The Bertz CT molecular complexity index is 750. The largest absolute Gasteiger partial charge is 0.355 e. The van der Waals surface area contributed by atoms with Gasteiger partial charge in [0.2, 0.25) is 11.6 Å². The van der Waals surface area contributed by atoms with Crippen LogP contribution in [0.5, 0.6) is 0 Å². The number of allylic oxidation sites excluding steroid dienone is 1. The molecule has 0 fully saturated rings. The Morgan fingerprint density at radius 3 is 2.40 bits per heavy atom.